The molecule has 23 heavy (non-hydrogen) atoms. The van der Waals surface area contributed by atoms with Crippen molar-refractivity contribution >= 4 is 5.78 Å². The van der Waals surface area contributed by atoms with Crippen LogP contribution < -0.4 is 4.74 Å². The molecule has 0 aliphatic heterocycles. The summed E-state index contributed by atoms with van der Waals surface area (Å²) in [5.74, 6) is 0.722. The molecule has 1 aromatic carbocycles. The van der Waals surface area contributed by atoms with Crippen molar-refractivity contribution in [2.45, 2.75) is 52.4 Å². The summed E-state index contributed by atoms with van der Waals surface area (Å²) >= 11 is 0. The van der Waals surface area contributed by atoms with Gasteiger partial charge in [0.25, 0.3) is 0 Å². The molecule has 1 N–H and O–H groups in total. The highest BCUT2D eigenvalue weighted by Gasteiger charge is 2.24. The number of rotatable bonds is 10. The molecule has 1 aromatic rings. The SMILES string of the molecule is C/C=C/[C@@H](OCc1ccc(OC)cc1)[C@@H](C)[C@H](O)CC(=O)CC. The van der Waals surface area contributed by atoms with Crippen LogP contribution >= 0.6 is 0 Å². The van der Waals surface area contributed by atoms with E-state index in [1.54, 1.807) is 7.11 Å². The van der Waals surface area contributed by atoms with Crippen molar-refractivity contribution in [2.75, 3.05) is 7.11 Å². The summed E-state index contributed by atoms with van der Waals surface area (Å²) in [5.41, 5.74) is 1.03. The van der Waals surface area contributed by atoms with Gasteiger partial charge >= 0.3 is 0 Å². The van der Waals surface area contributed by atoms with Gasteiger partial charge in [-0.05, 0) is 24.6 Å². The van der Waals surface area contributed by atoms with Gasteiger partial charge in [0, 0.05) is 18.8 Å². The summed E-state index contributed by atoms with van der Waals surface area (Å²) in [4.78, 5) is 11.5. The Morgan fingerprint density at radius 1 is 1.30 bits per heavy atom. The standard InChI is InChI=1S/C19H28O4/c1-5-7-19(14(3)18(21)12-16(20)6-2)23-13-15-8-10-17(22-4)11-9-15/h5,7-11,14,18-19,21H,6,12-13H2,1-4H3/b7-5+/t14-,18+,19+/m0/s1. The van der Waals surface area contributed by atoms with Crippen LogP contribution in [0.15, 0.2) is 36.4 Å². The number of allylic oxidation sites excluding steroid dienone is 1. The first-order valence-corrected chi connectivity index (χ1v) is 8.08. The first-order valence-electron chi connectivity index (χ1n) is 8.08. The lowest BCUT2D eigenvalue weighted by Gasteiger charge is -2.26. The number of benzene rings is 1. The number of methoxy groups -OCH3 is 1. The first kappa shape index (κ1) is 19.4. The minimum Gasteiger partial charge on any atom is -0.497 e. The van der Waals surface area contributed by atoms with Crippen molar-refractivity contribution in [3.05, 3.63) is 42.0 Å². The number of hydrogen-bond donors (Lipinski definition) is 1. The van der Waals surface area contributed by atoms with Crippen LogP contribution in [0.4, 0.5) is 0 Å². The second-order valence-corrected chi connectivity index (χ2v) is 5.67. The van der Waals surface area contributed by atoms with Gasteiger partial charge in [0.05, 0.1) is 25.9 Å². The van der Waals surface area contributed by atoms with Gasteiger partial charge < -0.3 is 14.6 Å². The smallest absolute Gasteiger partial charge is 0.135 e. The normalized spacial score (nSPS) is 15.3. The van der Waals surface area contributed by atoms with Crippen LogP contribution in [-0.4, -0.2) is 30.2 Å². The number of carbonyl (C=O) groups is 1. The fourth-order valence-corrected chi connectivity index (χ4v) is 2.27. The Morgan fingerprint density at radius 3 is 2.48 bits per heavy atom. The molecule has 0 fully saturated rings. The number of hydrogen-bond acceptors (Lipinski definition) is 4. The molecule has 0 saturated heterocycles. The monoisotopic (exact) mass is 320 g/mol. The van der Waals surface area contributed by atoms with E-state index in [2.05, 4.69) is 0 Å². The minimum absolute atomic E-state index is 0.0683. The molecule has 0 spiro atoms. The third-order valence-electron chi connectivity index (χ3n) is 3.94. The molecule has 4 nitrogen and oxygen atoms in total. The molecule has 0 saturated carbocycles. The average molecular weight is 320 g/mol. The maximum absolute atomic E-state index is 11.5. The Labute approximate surface area is 139 Å². The summed E-state index contributed by atoms with van der Waals surface area (Å²) < 4.78 is 11.1. The van der Waals surface area contributed by atoms with Crippen LogP contribution in [0.3, 0.4) is 0 Å². The van der Waals surface area contributed by atoms with Gasteiger partial charge in [-0.2, -0.15) is 0 Å². The van der Waals surface area contributed by atoms with Gasteiger partial charge in [-0.3, -0.25) is 4.79 Å². The molecule has 0 bridgehead atoms. The summed E-state index contributed by atoms with van der Waals surface area (Å²) in [6.07, 6.45) is 3.53. The number of ketones is 1. The molecule has 4 heteroatoms. The molecule has 0 radical (unpaired) electrons. The zero-order valence-electron chi connectivity index (χ0n) is 14.5. The highest BCUT2D eigenvalue weighted by molar-refractivity contribution is 5.78. The predicted molar refractivity (Wildman–Crippen MR) is 91.5 cm³/mol. The van der Waals surface area contributed by atoms with Gasteiger partial charge in [-0.15, -0.1) is 0 Å². The Hall–Kier alpha value is -1.65. The second kappa shape index (κ2) is 10.2. The van der Waals surface area contributed by atoms with E-state index in [-0.39, 0.29) is 24.2 Å². The Morgan fingerprint density at radius 2 is 1.96 bits per heavy atom. The predicted octanol–water partition coefficient (Wildman–Crippen LogP) is 3.52. The van der Waals surface area contributed by atoms with E-state index < -0.39 is 6.10 Å². The fourth-order valence-electron chi connectivity index (χ4n) is 2.27. The summed E-state index contributed by atoms with van der Waals surface area (Å²) in [6, 6.07) is 7.68. The molecular formula is C19H28O4. The van der Waals surface area contributed by atoms with Gasteiger partial charge in [0.2, 0.25) is 0 Å². The molecule has 3 atom stereocenters. The zero-order chi connectivity index (χ0) is 17.2. The molecular weight excluding hydrogens is 292 g/mol. The zero-order valence-corrected chi connectivity index (χ0v) is 14.5. The third kappa shape index (κ3) is 6.55. The molecule has 0 aliphatic rings. The Balaban J connectivity index is 2.64. The molecule has 0 heterocycles. The Kier molecular flexibility index (Phi) is 8.59. The first-order chi connectivity index (χ1) is 11.0. The van der Waals surface area contributed by atoms with Crippen LogP contribution in [0.2, 0.25) is 0 Å². The highest BCUT2D eigenvalue weighted by atomic mass is 16.5. The Bertz CT molecular complexity index is 493. The van der Waals surface area contributed by atoms with Crippen molar-refractivity contribution in [3.63, 3.8) is 0 Å². The number of Topliss-reactive ketones (excluding diaryl/α,β-unsaturated/α-hetero) is 1. The number of aliphatic hydroxyl groups is 1. The minimum atomic E-state index is -0.695. The van der Waals surface area contributed by atoms with E-state index in [4.69, 9.17) is 9.47 Å². The quantitative estimate of drug-likeness (QED) is 0.670. The highest BCUT2D eigenvalue weighted by Crippen LogP contribution is 2.20. The molecule has 0 aromatic heterocycles. The summed E-state index contributed by atoms with van der Waals surface area (Å²) in [7, 11) is 1.63. The van der Waals surface area contributed by atoms with E-state index in [1.807, 2.05) is 57.2 Å². The fraction of sp³-hybridized carbons (Fsp3) is 0.526. The second-order valence-electron chi connectivity index (χ2n) is 5.67. The number of carbonyl (C=O) groups excluding carboxylic acids is 1. The maximum atomic E-state index is 11.5. The van der Waals surface area contributed by atoms with Crippen LogP contribution in [0.5, 0.6) is 5.75 Å². The molecule has 0 amide bonds. The topological polar surface area (TPSA) is 55.8 Å². The maximum Gasteiger partial charge on any atom is 0.135 e. The van der Waals surface area contributed by atoms with Crippen molar-refractivity contribution in [1.29, 1.82) is 0 Å². The van der Waals surface area contributed by atoms with Crippen LogP contribution in [0.1, 0.15) is 39.2 Å². The lowest BCUT2D eigenvalue weighted by atomic mass is 9.93. The molecule has 128 valence electrons. The lowest BCUT2D eigenvalue weighted by molar-refractivity contribution is -0.122. The van der Waals surface area contributed by atoms with Gasteiger partial charge in [-0.25, -0.2) is 0 Å². The van der Waals surface area contributed by atoms with Crippen molar-refractivity contribution < 1.29 is 19.4 Å². The largest absolute Gasteiger partial charge is 0.497 e. The summed E-state index contributed by atoms with van der Waals surface area (Å²) in [5, 5.41) is 10.2. The molecule has 1 rings (SSSR count). The summed E-state index contributed by atoms with van der Waals surface area (Å²) in [6.45, 7) is 6.08. The average Bonchev–Trinajstić information content (AvgIpc) is 2.58. The molecule has 0 aliphatic carbocycles. The van der Waals surface area contributed by atoms with E-state index in [1.165, 1.54) is 0 Å². The van der Waals surface area contributed by atoms with Crippen LogP contribution in [0.25, 0.3) is 0 Å². The third-order valence-corrected chi connectivity index (χ3v) is 3.94. The van der Waals surface area contributed by atoms with Crippen molar-refractivity contribution in [2.24, 2.45) is 5.92 Å². The van der Waals surface area contributed by atoms with Crippen LogP contribution in [-0.2, 0) is 16.1 Å². The van der Waals surface area contributed by atoms with Crippen molar-refractivity contribution in [1.82, 2.24) is 0 Å². The van der Waals surface area contributed by atoms with Crippen LogP contribution in [0, 0.1) is 5.92 Å². The van der Waals surface area contributed by atoms with Gasteiger partial charge in [0.15, 0.2) is 0 Å². The van der Waals surface area contributed by atoms with Gasteiger partial charge in [0.1, 0.15) is 11.5 Å². The number of aliphatic hydroxyl groups excluding tert-OH is 1. The molecule has 0 unspecified atom stereocenters. The van der Waals surface area contributed by atoms with Crippen molar-refractivity contribution in [3.8, 4) is 5.75 Å². The van der Waals surface area contributed by atoms with E-state index in [9.17, 15) is 9.90 Å². The van der Waals surface area contributed by atoms with E-state index >= 15 is 0 Å². The lowest BCUT2D eigenvalue weighted by Crippen LogP contribution is -2.32. The van der Waals surface area contributed by atoms with E-state index in [0.29, 0.717) is 13.0 Å². The number of ether oxygens (including phenoxy) is 2. The van der Waals surface area contributed by atoms with Gasteiger partial charge in [-0.1, -0.05) is 38.1 Å². The van der Waals surface area contributed by atoms with E-state index in [0.717, 1.165) is 11.3 Å².